The monoisotopic (exact) mass is 572 g/mol. The molecule has 0 saturated carbocycles. The summed E-state index contributed by atoms with van der Waals surface area (Å²) < 4.78 is 44.9. The van der Waals surface area contributed by atoms with Crippen molar-refractivity contribution in [2.45, 2.75) is 38.8 Å². The van der Waals surface area contributed by atoms with Crippen LogP contribution in [0, 0.1) is 5.92 Å². The molecule has 1 atom stereocenters. The number of carbonyl (C=O) groups excluding carboxylic acids is 1. The minimum Gasteiger partial charge on any atom is -0.493 e. The largest absolute Gasteiger partial charge is 0.493 e. The van der Waals surface area contributed by atoms with Gasteiger partial charge in [-0.25, -0.2) is 0 Å². The third-order valence-electron chi connectivity index (χ3n) is 8.76. The van der Waals surface area contributed by atoms with Crippen LogP contribution in [-0.4, -0.2) is 93.0 Å². The molecule has 2 saturated heterocycles. The maximum atomic E-state index is 14.0. The number of likely N-dealkylation sites (N-methyl/N-ethyl adjacent to an activating group) is 1. The van der Waals surface area contributed by atoms with Crippen LogP contribution in [0.3, 0.4) is 0 Å². The fraction of sp³-hybridized carbons (Fsp3) is 0.552. The number of fused-ring (bicyclic) bond motifs is 1. The summed E-state index contributed by atoms with van der Waals surface area (Å²) in [6, 6.07) is 11.6. The van der Waals surface area contributed by atoms with E-state index in [1.165, 1.54) is 0 Å². The van der Waals surface area contributed by atoms with E-state index in [-0.39, 0.29) is 31.0 Å². The summed E-state index contributed by atoms with van der Waals surface area (Å²) in [7, 11) is -0.999. The number of carbonyl (C=O) groups is 1. The van der Waals surface area contributed by atoms with Gasteiger partial charge in [-0.2, -0.15) is 12.7 Å². The SMILES string of the molecule is CCN1CCN(c2cccc3c2CN(C(CC2CCN(S(=O)(=O)O)CC2)c2ccc(OC)c(OC)c2)C3=O)CC1. The van der Waals surface area contributed by atoms with Crippen molar-refractivity contribution in [1.82, 2.24) is 14.1 Å². The smallest absolute Gasteiger partial charge is 0.335 e. The van der Waals surface area contributed by atoms with Crippen LogP contribution >= 0.6 is 0 Å². The maximum Gasteiger partial charge on any atom is 0.335 e. The lowest BCUT2D eigenvalue weighted by Gasteiger charge is -2.37. The molecule has 11 heteroatoms. The summed E-state index contributed by atoms with van der Waals surface area (Å²) in [6.45, 7) is 8.17. The van der Waals surface area contributed by atoms with E-state index in [0.717, 1.165) is 59.4 Å². The summed E-state index contributed by atoms with van der Waals surface area (Å²) in [4.78, 5) is 20.8. The highest BCUT2D eigenvalue weighted by Crippen LogP contribution is 2.42. The zero-order chi connectivity index (χ0) is 28.4. The molecular weight excluding hydrogens is 532 g/mol. The minimum atomic E-state index is -4.20. The lowest BCUT2D eigenvalue weighted by atomic mass is 9.87. The molecule has 0 radical (unpaired) electrons. The second kappa shape index (κ2) is 11.9. The third-order valence-corrected chi connectivity index (χ3v) is 9.77. The Labute approximate surface area is 237 Å². The molecule has 1 unspecified atom stereocenters. The number of hydrogen-bond acceptors (Lipinski definition) is 7. The molecule has 40 heavy (non-hydrogen) atoms. The molecular formula is C29H40N4O6S. The summed E-state index contributed by atoms with van der Waals surface area (Å²) in [5.41, 5.74) is 3.91. The van der Waals surface area contributed by atoms with Crippen molar-refractivity contribution in [3.63, 3.8) is 0 Å². The van der Waals surface area contributed by atoms with Crippen LogP contribution in [0.15, 0.2) is 36.4 Å². The Bertz CT molecular complexity index is 1320. The molecule has 2 aromatic rings. The van der Waals surface area contributed by atoms with Crippen LogP contribution < -0.4 is 14.4 Å². The molecule has 1 amide bonds. The van der Waals surface area contributed by atoms with Gasteiger partial charge < -0.3 is 24.2 Å². The van der Waals surface area contributed by atoms with E-state index >= 15 is 0 Å². The van der Waals surface area contributed by atoms with E-state index in [1.54, 1.807) is 14.2 Å². The fourth-order valence-electron chi connectivity index (χ4n) is 6.39. The van der Waals surface area contributed by atoms with Gasteiger partial charge in [0.2, 0.25) is 0 Å². The molecule has 0 aliphatic carbocycles. The molecule has 5 rings (SSSR count). The first-order chi connectivity index (χ1) is 19.2. The van der Waals surface area contributed by atoms with Gasteiger partial charge in [0.05, 0.1) is 20.3 Å². The van der Waals surface area contributed by atoms with Gasteiger partial charge >= 0.3 is 10.3 Å². The highest BCUT2D eigenvalue weighted by Gasteiger charge is 2.38. The Kier molecular flexibility index (Phi) is 8.55. The van der Waals surface area contributed by atoms with Gasteiger partial charge in [0.15, 0.2) is 11.5 Å². The Morgan fingerprint density at radius 1 is 0.975 bits per heavy atom. The van der Waals surface area contributed by atoms with E-state index in [1.807, 2.05) is 35.2 Å². The van der Waals surface area contributed by atoms with Crippen LogP contribution in [0.2, 0.25) is 0 Å². The quantitative estimate of drug-likeness (QED) is 0.456. The number of benzene rings is 2. The number of amides is 1. The number of piperazine rings is 1. The van der Waals surface area contributed by atoms with Crippen molar-refractivity contribution in [2.24, 2.45) is 5.92 Å². The number of piperidine rings is 1. The Balaban J connectivity index is 1.43. The average molecular weight is 573 g/mol. The summed E-state index contributed by atoms with van der Waals surface area (Å²) >= 11 is 0. The first-order valence-corrected chi connectivity index (χ1v) is 15.5. The molecule has 2 fully saturated rings. The number of hydrogen-bond donors (Lipinski definition) is 1. The van der Waals surface area contributed by atoms with Gasteiger partial charge in [0, 0.05) is 62.6 Å². The standard InChI is InChI=1S/C29H40N4O6S/c1-4-30-14-16-31(17-15-30)25-7-5-6-23-24(25)20-33(29(23)34)26(22-8-9-27(38-2)28(19-22)39-3)18-21-10-12-32(13-11-21)40(35,36)37/h5-9,19,21,26H,4,10-18,20H2,1-3H3,(H,35,36,37). The van der Waals surface area contributed by atoms with Crippen LogP contribution in [0.4, 0.5) is 5.69 Å². The fourth-order valence-corrected chi connectivity index (χ4v) is 7.06. The normalized spacial score (nSPS) is 20.1. The zero-order valence-corrected chi connectivity index (χ0v) is 24.4. The lowest BCUT2D eigenvalue weighted by molar-refractivity contribution is 0.0659. The minimum absolute atomic E-state index is 0.0131. The van der Waals surface area contributed by atoms with Crippen LogP contribution in [0.5, 0.6) is 11.5 Å². The van der Waals surface area contributed by atoms with E-state index in [0.29, 0.717) is 37.3 Å². The molecule has 218 valence electrons. The van der Waals surface area contributed by atoms with E-state index < -0.39 is 10.3 Å². The maximum absolute atomic E-state index is 14.0. The second-order valence-corrected chi connectivity index (χ2v) is 12.3. The molecule has 3 aliphatic rings. The Hall–Kier alpha value is -2.86. The third kappa shape index (κ3) is 5.79. The molecule has 3 aliphatic heterocycles. The topological polar surface area (TPSA) is 103 Å². The lowest BCUT2D eigenvalue weighted by Crippen LogP contribution is -2.46. The van der Waals surface area contributed by atoms with Crippen molar-refractivity contribution in [3.8, 4) is 11.5 Å². The number of rotatable bonds is 9. The number of nitrogens with zero attached hydrogens (tertiary/aromatic N) is 4. The average Bonchev–Trinajstić information content (AvgIpc) is 3.31. The Morgan fingerprint density at radius 2 is 1.68 bits per heavy atom. The van der Waals surface area contributed by atoms with E-state index in [4.69, 9.17) is 9.47 Å². The molecule has 0 aromatic heterocycles. The zero-order valence-electron chi connectivity index (χ0n) is 23.6. The number of ether oxygens (including phenoxy) is 2. The summed E-state index contributed by atoms with van der Waals surface area (Å²) in [5.74, 6) is 1.43. The van der Waals surface area contributed by atoms with Gasteiger partial charge in [-0.15, -0.1) is 0 Å². The molecule has 0 spiro atoms. The predicted molar refractivity (Wildman–Crippen MR) is 153 cm³/mol. The van der Waals surface area contributed by atoms with Crippen molar-refractivity contribution in [1.29, 1.82) is 0 Å². The Morgan fingerprint density at radius 3 is 2.30 bits per heavy atom. The van der Waals surface area contributed by atoms with Gasteiger partial charge in [0.1, 0.15) is 0 Å². The van der Waals surface area contributed by atoms with Crippen molar-refractivity contribution < 1.29 is 27.2 Å². The van der Waals surface area contributed by atoms with Crippen LogP contribution in [0.1, 0.15) is 53.7 Å². The summed E-state index contributed by atoms with van der Waals surface area (Å²) in [5, 5.41) is 0. The van der Waals surface area contributed by atoms with Crippen molar-refractivity contribution in [2.75, 3.05) is 64.9 Å². The second-order valence-electron chi connectivity index (χ2n) is 10.8. The number of anilines is 1. The molecule has 3 heterocycles. The first-order valence-electron chi connectivity index (χ1n) is 14.1. The van der Waals surface area contributed by atoms with Crippen molar-refractivity contribution >= 4 is 21.9 Å². The van der Waals surface area contributed by atoms with Crippen LogP contribution in [-0.2, 0) is 16.8 Å². The predicted octanol–water partition coefficient (Wildman–Crippen LogP) is 3.45. The highest BCUT2D eigenvalue weighted by molar-refractivity contribution is 7.83. The van der Waals surface area contributed by atoms with E-state index in [2.05, 4.69) is 22.8 Å². The summed E-state index contributed by atoms with van der Waals surface area (Å²) in [6.07, 6.45) is 1.91. The molecule has 0 bridgehead atoms. The van der Waals surface area contributed by atoms with Gasteiger partial charge in [-0.1, -0.05) is 19.1 Å². The molecule has 1 N–H and O–H groups in total. The number of methoxy groups -OCH3 is 2. The van der Waals surface area contributed by atoms with Crippen molar-refractivity contribution in [3.05, 3.63) is 53.1 Å². The van der Waals surface area contributed by atoms with E-state index in [9.17, 15) is 17.8 Å². The van der Waals surface area contributed by atoms with Gasteiger partial charge in [-0.05, 0) is 61.6 Å². The first kappa shape index (κ1) is 28.7. The van der Waals surface area contributed by atoms with Crippen LogP contribution in [0.25, 0.3) is 0 Å². The highest BCUT2D eigenvalue weighted by atomic mass is 32.2. The van der Waals surface area contributed by atoms with Gasteiger partial charge in [0.25, 0.3) is 5.91 Å². The molecule has 10 nitrogen and oxygen atoms in total. The van der Waals surface area contributed by atoms with Gasteiger partial charge in [-0.3, -0.25) is 9.35 Å². The molecule has 2 aromatic carbocycles.